The van der Waals surface area contributed by atoms with Crippen LogP contribution in [0, 0.1) is 0 Å². The van der Waals surface area contributed by atoms with Crippen molar-refractivity contribution >= 4 is 27.3 Å². The minimum absolute atomic E-state index is 0.101. The third-order valence-corrected chi connectivity index (χ3v) is 6.83. The molecule has 1 aromatic heterocycles. The van der Waals surface area contributed by atoms with Gasteiger partial charge in [0.1, 0.15) is 5.01 Å². The molecule has 2 rings (SSSR count). The van der Waals surface area contributed by atoms with E-state index in [1.807, 2.05) is 19.2 Å². The van der Waals surface area contributed by atoms with Crippen LogP contribution in [0.1, 0.15) is 37.4 Å². The molecular weight excluding hydrogens is 350 g/mol. The Kier molecular flexibility index (Phi) is 7.15. The topological polar surface area (TPSA) is 88.6 Å². The molecule has 136 valence electrons. The number of thiazole rings is 1. The van der Waals surface area contributed by atoms with Gasteiger partial charge in [-0.15, -0.1) is 11.3 Å². The Morgan fingerprint density at radius 1 is 1.50 bits per heavy atom. The summed E-state index contributed by atoms with van der Waals surface area (Å²) >= 11 is 1.52. The van der Waals surface area contributed by atoms with Gasteiger partial charge in [-0.1, -0.05) is 13.8 Å². The molecule has 0 aromatic carbocycles. The molecule has 0 bridgehead atoms. The number of carbonyl (C=O) groups excluding carboxylic acids is 1. The zero-order valence-electron chi connectivity index (χ0n) is 14.2. The summed E-state index contributed by atoms with van der Waals surface area (Å²) in [5.41, 5.74) is 1.02. The van der Waals surface area contributed by atoms with Crippen LogP contribution in [0.5, 0.6) is 0 Å². The largest absolute Gasteiger partial charge is 0.378 e. The number of aryl methyl sites for hydroxylation is 1. The summed E-state index contributed by atoms with van der Waals surface area (Å²) in [6.45, 7) is 5.18. The van der Waals surface area contributed by atoms with Crippen LogP contribution in [0.2, 0.25) is 0 Å². The Morgan fingerprint density at radius 3 is 2.96 bits per heavy atom. The molecule has 1 atom stereocenters. The molecule has 1 aromatic rings. The van der Waals surface area contributed by atoms with Crippen LogP contribution in [-0.2, 0) is 32.5 Å². The number of amides is 1. The van der Waals surface area contributed by atoms with E-state index in [1.165, 1.54) is 15.6 Å². The van der Waals surface area contributed by atoms with Crippen LogP contribution in [0.3, 0.4) is 0 Å². The van der Waals surface area contributed by atoms with Crippen molar-refractivity contribution in [3.63, 3.8) is 0 Å². The van der Waals surface area contributed by atoms with Gasteiger partial charge in [-0.25, -0.2) is 13.4 Å². The Balaban J connectivity index is 1.90. The molecule has 1 aliphatic rings. The van der Waals surface area contributed by atoms with E-state index >= 15 is 0 Å². The molecule has 7 nitrogen and oxygen atoms in total. The van der Waals surface area contributed by atoms with E-state index in [1.54, 1.807) is 0 Å². The Hall–Kier alpha value is -1.03. The van der Waals surface area contributed by atoms with Crippen LogP contribution < -0.4 is 5.32 Å². The minimum Gasteiger partial charge on any atom is -0.378 e. The predicted molar refractivity (Wildman–Crippen MR) is 93.3 cm³/mol. The molecule has 1 N–H and O–H groups in total. The molecule has 0 aliphatic carbocycles. The second kappa shape index (κ2) is 8.89. The summed E-state index contributed by atoms with van der Waals surface area (Å²) in [5, 5.41) is 5.66. The summed E-state index contributed by atoms with van der Waals surface area (Å²) in [5.74, 6) is -0.0836. The molecule has 2 heterocycles. The van der Waals surface area contributed by atoms with E-state index < -0.39 is 16.1 Å². The summed E-state index contributed by atoms with van der Waals surface area (Å²) in [7, 11) is -3.33. The number of hydrogen-bond donors (Lipinski definition) is 1. The summed E-state index contributed by atoms with van der Waals surface area (Å²) < 4.78 is 31.4. The van der Waals surface area contributed by atoms with E-state index in [4.69, 9.17) is 4.74 Å². The first kappa shape index (κ1) is 19.3. The van der Waals surface area contributed by atoms with Gasteiger partial charge in [0, 0.05) is 18.3 Å². The van der Waals surface area contributed by atoms with E-state index in [9.17, 15) is 13.2 Å². The van der Waals surface area contributed by atoms with Crippen molar-refractivity contribution in [2.24, 2.45) is 0 Å². The number of sulfonamides is 1. The van der Waals surface area contributed by atoms with Crippen molar-refractivity contribution < 1.29 is 17.9 Å². The number of nitrogens with one attached hydrogen (secondary N) is 1. The Labute approximate surface area is 147 Å². The average Bonchev–Trinajstić information content (AvgIpc) is 3.01. The minimum atomic E-state index is -3.33. The first-order valence-corrected chi connectivity index (χ1v) is 10.7. The van der Waals surface area contributed by atoms with Gasteiger partial charge in [-0.05, 0) is 12.8 Å². The van der Waals surface area contributed by atoms with E-state index in [2.05, 4.69) is 10.3 Å². The van der Waals surface area contributed by atoms with Gasteiger partial charge < -0.3 is 10.1 Å². The van der Waals surface area contributed by atoms with Crippen molar-refractivity contribution in [2.75, 3.05) is 25.5 Å². The lowest BCUT2D eigenvalue weighted by Gasteiger charge is -2.34. The highest BCUT2D eigenvalue weighted by molar-refractivity contribution is 7.89. The molecule has 1 aliphatic heterocycles. The number of morpholine rings is 1. The second-order valence-corrected chi connectivity index (χ2v) is 8.71. The SMILES string of the molecule is CCCS(=O)(=O)N1CCOC[C@@H]1CC(=O)NCc1nc(CC)cs1. The lowest BCUT2D eigenvalue weighted by molar-refractivity contribution is -0.123. The van der Waals surface area contributed by atoms with Crippen LogP contribution in [-0.4, -0.2) is 55.2 Å². The number of nitrogens with zero attached hydrogens (tertiary/aromatic N) is 2. The van der Waals surface area contributed by atoms with Crippen LogP contribution in [0.4, 0.5) is 0 Å². The molecule has 1 fully saturated rings. The van der Waals surface area contributed by atoms with Gasteiger partial charge in [0.2, 0.25) is 15.9 Å². The summed E-state index contributed by atoms with van der Waals surface area (Å²) in [6, 6.07) is -0.433. The molecule has 24 heavy (non-hydrogen) atoms. The fraction of sp³-hybridized carbons (Fsp3) is 0.733. The first-order valence-electron chi connectivity index (χ1n) is 8.23. The quantitative estimate of drug-likeness (QED) is 0.736. The molecular formula is C15H25N3O4S2. The van der Waals surface area contributed by atoms with Crippen molar-refractivity contribution in [1.29, 1.82) is 0 Å². The van der Waals surface area contributed by atoms with Gasteiger partial charge in [-0.3, -0.25) is 4.79 Å². The molecule has 0 radical (unpaired) electrons. The maximum Gasteiger partial charge on any atom is 0.222 e. The van der Waals surface area contributed by atoms with Gasteiger partial charge in [-0.2, -0.15) is 4.31 Å². The number of carbonyl (C=O) groups is 1. The van der Waals surface area contributed by atoms with E-state index in [0.717, 1.165) is 17.1 Å². The number of hydrogen-bond acceptors (Lipinski definition) is 6. The molecule has 9 heteroatoms. The van der Waals surface area contributed by atoms with E-state index in [0.29, 0.717) is 26.1 Å². The highest BCUT2D eigenvalue weighted by Gasteiger charge is 2.33. The molecule has 0 unspecified atom stereocenters. The monoisotopic (exact) mass is 375 g/mol. The van der Waals surface area contributed by atoms with Crippen molar-refractivity contribution in [2.45, 2.75) is 45.7 Å². The molecule has 0 spiro atoms. The molecule has 1 saturated heterocycles. The standard InChI is InChI=1S/C15H25N3O4S2/c1-3-7-24(20,21)18-5-6-22-10-13(18)8-14(19)16-9-15-17-12(4-2)11-23-15/h11,13H,3-10H2,1-2H3,(H,16,19)/t13-/m0/s1. The van der Waals surface area contributed by atoms with Crippen molar-refractivity contribution in [3.05, 3.63) is 16.1 Å². The van der Waals surface area contributed by atoms with Crippen LogP contribution in [0.25, 0.3) is 0 Å². The van der Waals surface area contributed by atoms with Gasteiger partial charge in [0.25, 0.3) is 0 Å². The third kappa shape index (κ3) is 5.23. The Bertz CT molecular complexity index is 645. The lowest BCUT2D eigenvalue weighted by Crippen LogP contribution is -2.51. The number of ether oxygens (including phenoxy) is 1. The van der Waals surface area contributed by atoms with Gasteiger partial charge in [0.05, 0.1) is 37.2 Å². The normalized spacial score (nSPS) is 19.3. The highest BCUT2D eigenvalue weighted by Crippen LogP contribution is 2.17. The van der Waals surface area contributed by atoms with Crippen molar-refractivity contribution in [1.82, 2.24) is 14.6 Å². The fourth-order valence-corrected chi connectivity index (χ4v) is 5.10. The fourth-order valence-electron chi connectivity index (χ4n) is 2.59. The second-order valence-electron chi connectivity index (χ2n) is 5.72. The molecule has 0 saturated carbocycles. The zero-order chi connectivity index (χ0) is 17.6. The lowest BCUT2D eigenvalue weighted by atomic mass is 10.2. The average molecular weight is 376 g/mol. The summed E-state index contributed by atoms with van der Waals surface area (Å²) in [6.07, 6.45) is 1.53. The third-order valence-electron chi connectivity index (χ3n) is 3.81. The van der Waals surface area contributed by atoms with Gasteiger partial charge in [0.15, 0.2) is 0 Å². The number of aromatic nitrogens is 1. The highest BCUT2D eigenvalue weighted by atomic mass is 32.2. The summed E-state index contributed by atoms with van der Waals surface area (Å²) in [4.78, 5) is 16.6. The number of rotatable bonds is 8. The zero-order valence-corrected chi connectivity index (χ0v) is 15.8. The smallest absolute Gasteiger partial charge is 0.222 e. The maximum atomic E-state index is 12.3. The Morgan fingerprint density at radius 2 is 2.29 bits per heavy atom. The molecule has 1 amide bonds. The van der Waals surface area contributed by atoms with Gasteiger partial charge >= 0.3 is 0 Å². The first-order chi connectivity index (χ1) is 11.5. The van der Waals surface area contributed by atoms with E-state index in [-0.39, 0.29) is 24.7 Å². The maximum absolute atomic E-state index is 12.3. The van der Waals surface area contributed by atoms with Crippen LogP contribution in [0.15, 0.2) is 5.38 Å². The predicted octanol–water partition coefficient (Wildman–Crippen LogP) is 1.15. The van der Waals surface area contributed by atoms with Crippen LogP contribution >= 0.6 is 11.3 Å². The van der Waals surface area contributed by atoms with Crippen molar-refractivity contribution in [3.8, 4) is 0 Å².